The van der Waals surface area contributed by atoms with Gasteiger partial charge in [0.05, 0.1) is 17.6 Å². The number of carbonyl (C=O) groups is 1. The van der Waals surface area contributed by atoms with Crippen LogP contribution in [0.25, 0.3) is 10.2 Å². The molecule has 184 valence electrons. The summed E-state index contributed by atoms with van der Waals surface area (Å²) in [6.45, 7) is 3.66. The number of pyridine rings is 1. The maximum atomic E-state index is 12.5. The van der Waals surface area contributed by atoms with E-state index in [9.17, 15) is 4.79 Å². The molecule has 4 heterocycles. The van der Waals surface area contributed by atoms with Crippen LogP contribution in [0.4, 0.5) is 11.5 Å². The molecule has 3 aromatic heterocycles. The summed E-state index contributed by atoms with van der Waals surface area (Å²) < 4.78 is 5.96. The third-order valence-corrected chi connectivity index (χ3v) is 7.17. The molecule has 0 bridgehead atoms. The van der Waals surface area contributed by atoms with Gasteiger partial charge in [-0.1, -0.05) is 12.1 Å². The van der Waals surface area contributed by atoms with Crippen LogP contribution in [0.5, 0.6) is 5.75 Å². The number of hydrogen-bond acceptors (Lipinski definition) is 8. The molecule has 8 nitrogen and oxygen atoms in total. The number of aryl methyl sites for hydroxylation is 1. The zero-order chi connectivity index (χ0) is 24.9. The Hall–Kier alpha value is -3.82. The van der Waals surface area contributed by atoms with Crippen molar-refractivity contribution in [1.29, 1.82) is 0 Å². The maximum absolute atomic E-state index is 12.5. The van der Waals surface area contributed by atoms with E-state index < -0.39 is 0 Å². The molecule has 5 rings (SSSR count). The summed E-state index contributed by atoms with van der Waals surface area (Å²) in [5.74, 6) is 1.54. The Bertz CT molecular complexity index is 1400. The number of amides is 1. The van der Waals surface area contributed by atoms with Gasteiger partial charge in [-0.2, -0.15) is 0 Å². The Morgan fingerprint density at radius 3 is 2.97 bits per heavy atom. The molecule has 0 radical (unpaired) electrons. The van der Waals surface area contributed by atoms with E-state index in [0.717, 1.165) is 50.0 Å². The molecule has 0 unspecified atom stereocenters. The van der Waals surface area contributed by atoms with Crippen LogP contribution < -0.4 is 10.1 Å². The number of nitrogens with one attached hydrogen (secondary N) is 1. The predicted octanol–water partition coefficient (Wildman–Crippen LogP) is 4.54. The minimum atomic E-state index is -0.0307. The van der Waals surface area contributed by atoms with Crippen LogP contribution in [-0.2, 0) is 24.4 Å². The zero-order valence-electron chi connectivity index (χ0n) is 20.0. The summed E-state index contributed by atoms with van der Waals surface area (Å²) >= 11 is 1.61. The lowest BCUT2D eigenvalue weighted by atomic mass is 10.0. The number of thiophene rings is 1. The summed E-state index contributed by atoms with van der Waals surface area (Å²) in [5.41, 5.74) is 4.01. The van der Waals surface area contributed by atoms with E-state index in [4.69, 9.17) is 9.84 Å². The highest BCUT2D eigenvalue weighted by molar-refractivity contribution is 7.19. The average Bonchev–Trinajstić information content (AvgIpc) is 3.28. The number of ether oxygens (including phenoxy) is 1. The number of benzene rings is 1. The highest BCUT2D eigenvalue weighted by Gasteiger charge is 2.25. The number of aliphatic hydroxyl groups excluding tert-OH is 1. The first-order valence-corrected chi connectivity index (χ1v) is 12.7. The number of anilines is 2. The van der Waals surface area contributed by atoms with Crippen LogP contribution in [0, 0.1) is 6.92 Å². The molecule has 0 spiro atoms. The minimum Gasteiger partial charge on any atom is -0.487 e. The van der Waals surface area contributed by atoms with Crippen LogP contribution in [0.15, 0.2) is 61.1 Å². The molecule has 0 saturated heterocycles. The molecule has 0 aliphatic carbocycles. The van der Waals surface area contributed by atoms with Crippen molar-refractivity contribution in [1.82, 2.24) is 19.9 Å². The van der Waals surface area contributed by atoms with Crippen molar-refractivity contribution in [3.63, 3.8) is 0 Å². The molecule has 1 aromatic carbocycles. The van der Waals surface area contributed by atoms with Crippen LogP contribution in [0.1, 0.15) is 28.1 Å². The van der Waals surface area contributed by atoms with Crippen LogP contribution in [0.2, 0.25) is 0 Å². The topological polar surface area (TPSA) is 100 Å². The number of aromatic nitrogens is 3. The number of hydrogen-bond donors (Lipinski definition) is 2. The number of fused-ring (bicyclic) bond motifs is 3. The number of aliphatic hydroxyl groups is 1. The van der Waals surface area contributed by atoms with E-state index in [1.807, 2.05) is 48.2 Å². The highest BCUT2D eigenvalue weighted by atomic mass is 32.1. The van der Waals surface area contributed by atoms with Gasteiger partial charge < -0.3 is 20.1 Å². The maximum Gasteiger partial charge on any atom is 0.246 e. The minimum absolute atomic E-state index is 0.0307. The van der Waals surface area contributed by atoms with Crippen molar-refractivity contribution in [3.05, 3.63) is 82.8 Å². The fraction of sp³-hybridized carbons (Fsp3) is 0.259. The number of nitrogens with zero attached hydrogens (tertiary/aromatic N) is 4. The second-order valence-corrected chi connectivity index (χ2v) is 9.63. The van der Waals surface area contributed by atoms with Gasteiger partial charge in [0.2, 0.25) is 5.91 Å². The third-order valence-electron chi connectivity index (χ3n) is 6.04. The van der Waals surface area contributed by atoms with Gasteiger partial charge in [-0.3, -0.25) is 9.78 Å². The zero-order valence-corrected chi connectivity index (χ0v) is 20.8. The van der Waals surface area contributed by atoms with Crippen molar-refractivity contribution in [2.24, 2.45) is 0 Å². The summed E-state index contributed by atoms with van der Waals surface area (Å²) in [5, 5.41) is 13.4. The Kier molecular flexibility index (Phi) is 7.20. The molecular weight excluding hydrogens is 474 g/mol. The molecule has 1 aliphatic rings. The van der Waals surface area contributed by atoms with Crippen LogP contribution in [0.3, 0.4) is 0 Å². The quantitative estimate of drug-likeness (QED) is 0.342. The summed E-state index contributed by atoms with van der Waals surface area (Å²) in [7, 11) is 0. The second-order valence-electron chi connectivity index (χ2n) is 8.55. The normalized spacial score (nSPS) is 13.2. The van der Waals surface area contributed by atoms with E-state index in [1.165, 1.54) is 5.56 Å². The monoisotopic (exact) mass is 501 g/mol. The van der Waals surface area contributed by atoms with Gasteiger partial charge >= 0.3 is 0 Å². The molecule has 1 amide bonds. The van der Waals surface area contributed by atoms with Gasteiger partial charge in [0.1, 0.15) is 29.3 Å². The van der Waals surface area contributed by atoms with E-state index >= 15 is 0 Å². The lowest BCUT2D eigenvalue weighted by Gasteiger charge is -2.26. The van der Waals surface area contributed by atoms with E-state index in [0.29, 0.717) is 26.1 Å². The fourth-order valence-electron chi connectivity index (χ4n) is 4.24. The Balaban J connectivity index is 1.33. The molecule has 9 heteroatoms. The third kappa shape index (κ3) is 5.22. The first kappa shape index (κ1) is 23.9. The second kappa shape index (κ2) is 10.8. The first-order valence-electron chi connectivity index (χ1n) is 11.8. The number of carbonyl (C=O) groups excluding carboxylic acids is 1. The van der Waals surface area contributed by atoms with Gasteiger partial charge in [0.15, 0.2) is 0 Å². The Morgan fingerprint density at radius 2 is 2.17 bits per heavy atom. The summed E-state index contributed by atoms with van der Waals surface area (Å²) in [4.78, 5) is 29.7. The van der Waals surface area contributed by atoms with Crippen LogP contribution in [-0.4, -0.2) is 44.0 Å². The van der Waals surface area contributed by atoms with Crippen molar-refractivity contribution in [3.8, 4) is 5.75 Å². The van der Waals surface area contributed by atoms with Crippen molar-refractivity contribution in [2.75, 3.05) is 18.5 Å². The largest absolute Gasteiger partial charge is 0.487 e. The van der Waals surface area contributed by atoms with Crippen molar-refractivity contribution >= 4 is 39.0 Å². The molecular formula is C27H27N5O3S. The molecule has 2 N–H and O–H groups in total. The standard InChI is InChI=1S/C27H27N5O3S/c1-18-14-19(8-9-22(18)35-16-20-6-2-4-11-28-20)31-26-25-21-10-12-32(24(34)7-3-5-13-33)15-23(21)36-27(25)30-17-29-26/h2-4,6-9,11,14,17,33H,5,10,12-13,15-16H2,1H3,(H,29,30,31)/b7-3+. The average molecular weight is 502 g/mol. The molecule has 0 atom stereocenters. The van der Waals surface area contributed by atoms with Gasteiger partial charge in [-0.05, 0) is 67.3 Å². The van der Waals surface area contributed by atoms with Gasteiger partial charge in [-0.15, -0.1) is 11.3 Å². The predicted molar refractivity (Wildman–Crippen MR) is 140 cm³/mol. The van der Waals surface area contributed by atoms with E-state index in [1.54, 1.807) is 36.0 Å². The molecule has 36 heavy (non-hydrogen) atoms. The molecule has 4 aromatic rings. The Labute approximate surface area is 213 Å². The molecule has 0 fully saturated rings. The van der Waals surface area contributed by atoms with Crippen molar-refractivity contribution < 1.29 is 14.6 Å². The fourth-order valence-corrected chi connectivity index (χ4v) is 5.44. The summed E-state index contributed by atoms with van der Waals surface area (Å²) in [6.07, 6.45) is 7.83. The lowest BCUT2D eigenvalue weighted by Crippen LogP contribution is -2.34. The van der Waals surface area contributed by atoms with Gasteiger partial charge in [0.25, 0.3) is 0 Å². The summed E-state index contributed by atoms with van der Waals surface area (Å²) in [6, 6.07) is 11.7. The van der Waals surface area contributed by atoms with Crippen LogP contribution >= 0.6 is 11.3 Å². The molecule has 1 aliphatic heterocycles. The van der Waals surface area contributed by atoms with E-state index in [2.05, 4.69) is 20.3 Å². The van der Waals surface area contributed by atoms with Gasteiger partial charge in [-0.25, -0.2) is 9.97 Å². The molecule has 0 saturated carbocycles. The van der Waals surface area contributed by atoms with Gasteiger partial charge in [0, 0.05) is 29.9 Å². The first-order chi connectivity index (χ1) is 17.6. The lowest BCUT2D eigenvalue weighted by molar-refractivity contribution is -0.126. The Morgan fingerprint density at radius 1 is 1.25 bits per heavy atom. The smallest absolute Gasteiger partial charge is 0.246 e. The SMILES string of the molecule is Cc1cc(Nc2ncnc3sc4c(c23)CCN(C(=O)/C=C/CCO)C4)ccc1OCc1ccccn1. The van der Waals surface area contributed by atoms with Crippen molar-refractivity contribution in [2.45, 2.75) is 32.9 Å². The number of rotatable bonds is 8. The highest BCUT2D eigenvalue weighted by Crippen LogP contribution is 2.38. The van der Waals surface area contributed by atoms with E-state index in [-0.39, 0.29) is 12.5 Å².